The molecular weight excluding hydrogens is 264 g/mol. The van der Waals surface area contributed by atoms with E-state index in [1.165, 1.54) is 16.7 Å². The standard InChI is InChI=1S/C12H22N4O2S/c1-9(2)8-16(10(3)4)19(17,18)11-6-14-12(13-5)15-7-11/h6-7,9-10H,8H2,1-5H3,(H,13,14,15). The molecule has 7 heteroatoms. The van der Waals surface area contributed by atoms with E-state index in [1.54, 1.807) is 7.05 Å². The normalized spacial score (nSPS) is 12.4. The lowest BCUT2D eigenvalue weighted by atomic mass is 10.2. The van der Waals surface area contributed by atoms with Crippen LogP contribution in [0.2, 0.25) is 0 Å². The molecule has 1 aromatic heterocycles. The molecule has 0 saturated heterocycles. The van der Waals surface area contributed by atoms with Crippen LogP contribution in [0.5, 0.6) is 0 Å². The van der Waals surface area contributed by atoms with Gasteiger partial charge in [-0.2, -0.15) is 4.31 Å². The van der Waals surface area contributed by atoms with Crippen molar-refractivity contribution in [3.8, 4) is 0 Å². The van der Waals surface area contributed by atoms with Crippen LogP contribution in [0.1, 0.15) is 27.7 Å². The highest BCUT2D eigenvalue weighted by Crippen LogP contribution is 2.18. The van der Waals surface area contributed by atoms with Crippen LogP contribution < -0.4 is 5.32 Å². The van der Waals surface area contributed by atoms with Gasteiger partial charge in [-0.3, -0.25) is 0 Å². The first kappa shape index (κ1) is 15.8. The lowest BCUT2D eigenvalue weighted by Crippen LogP contribution is -2.39. The first-order chi connectivity index (χ1) is 8.78. The summed E-state index contributed by atoms with van der Waals surface area (Å²) in [7, 11) is -1.86. The number of hydrogen-bond donors (Lipinski definition) is 1. The van der Waals surface area contributed by atoms with Crippen molar-refractivity contribution in [2.45, 2.75) is 38.6 Å². The summed E-state index contributed by atoms with van der Waals surface area (Å²) in [6, 6.07) is -0.101. The smallest absolute Gasteiger partial charge is 0.246 e. The summed E-state index contributed by atoms with van der Waals surface area (Å²) in [6.07, 6.45) is 2.67. The van der Waals surface area contributed by atoms with Crippen LogP contribution in [0.25, 0.3) is 0 Å². The maximum Gasteiger partial charge on any atom is 0.246 e. The number of hydrogen-bond acceptors (Lipinski definition) is 5. The van der Waals surface area contributed by atoms with E-state index in [0.29, 0.717) is 12.5 Å². The summed E-state index contributed by atoms with van der Waals surface area (Å²) in [4.78, 5) is 8.04. The van der Waals surface area contributed by atoms with Crippen LogP contribution in [-0.2, 0) is 10.0 Å². The van der Waals surface area contributed by atoms with Crippen LogP contribution in [0.3, 0.4) is 0 Å². The van der Waals surface area contributed by atoms with Gasteiger partial charge >= 0.3 is 0 Å². The lowest BCUT2D eigenvalue weighted by molar-refractivity contribution is 0.318. The Balaban J connectivity index is 3.11. The number of rotatable bonds is 6. The molecule has 0 fully saturated rings. The van der Waals surface area contributed by atoms with Crippen LogP contribution in [0.4, 0.5) is 5.95 Å². The van der Waals surface area contributed by atoms with Gasteiger partial charge in [-0.1, -0.05) is 13.8 Å². The van der Waals surface area contributed by atoms with Crippen molar-refractivity contribution in [3.05, 3.63) is 12.4 Å². The molecule has 19 heavy (non-hydrogen) atoms. The summed E-state index contributed by atoms with van der Waals surface area (Å²) in [5.74, 6) is 0.661. The first-order valence-electron chi connectivity index (χ1n) is 6.30. The Hall–Kier alpha value is -1.21. The van der Waals surface area contributed by atoms with Crippen LogP contribution in [0, 0.1) is 5.92 Å². The molecule has 0 aliphatic carbocycles. The van der Waals surface area contributed by atoms with Crippen LogP contribution in [0.15, 0.2) is 17.3 Å². The zero-order chi connectivity index (χ0) is 14.6. The van der Waals surface area contributed by atoms with Gasteiger partial charge in [0.15, 0.2) is 0 Å². The highest BCUT2D eigenvalue weighted by molar-refractivity contribution is 7.89. The van der Waals surface area contributed by atoms with Crippen LogP contribution in [-0.4, -0.2) is 42.3 Å². The molecule has 0 aromatic carbocycles. The van der Waals surface area contributed by atoms with E-state index in [0.717, 1.165) is 0 Å². The molecule has 0 spiro atoms. The fourth-order valence-electron chi connectivity index (χ4n) is 1.66. The Morgan fingerprint density at radius 1 is 1.21 bits per heavy atom. The van der Waals surface area contributed by atoms with E-state index in [-0.39, 0.29) is 16.9 Å². The molecule has 0 radical (unpaired) electrons. The maximum atomic E-state index is 12.5. The van der Waals surface area contributed by atoms with E-state index in [2.05, 4.69) is 15.3 Å². The van der Waals surface area contributed by atoms with Gasteiger partial charge in [0.25, 0.3) is 0 Å². The molecule has 1 aromatic rings. The third-order valence-electron chi connectivity index (χ3n) is 2.58. The molecule has 0 unspecified atom stereocenters. The average molecular weight is 286 g/mol. The zero-order valence-corrected chi connectivity index (χ0v) is 12.9. The zero-order valence-electron chi connectivity index (χ0n) is 12.1. The third-order valence-corrected chi connectivity index (χ3v) is 4.57. The minimum Gasteiger partial charge on any atom is -0.357 e. The molecule has 0 saturated carbocycles. The molecule has 0 amide bonds. The maximum absolute atomic E-state index is 12.5. The van der Waals surface area contributed by atoms with E-state index in [1.807, 2.05) is 27.7 Å². The molecular formula is C12H22N4O2S. The fourth-order valence-corrected chi connectivity index (χ4v) is 3.35. The van der Waals surface area contributed by atoms with Crippen molar-refractivity contribution < 1.29 is 8.42 Å². The van der Waals surface area contributed by atoms with Gasteiger partial charge in [-0.15, -0.1) is 0 Å². The van der Waals surface area contributed by atoms with Gasteiger partial charge in [0, 0.05) is 19.6 Å². The second-order valence-electron chi connectivity index (χ2n) is 5.05. The summed E-state index contributed by atoms with van der Waals surface area (Å²) >= 11 is 0. The lowest BCUT2D eigenvalue weighted by Gasteiger charge is -2.27. The van der Waals surface area contributed by atoms with E-state index < -0.39 is 10.0 Å². The molecule has 108 valence electrons. The van der Waals surface area contributed by atoms with Gasteiger partial charge in [-0.05, 0) is 19.8 Å². The quantitative estimate of drug-likeness (QED) is 0.859. The van der Waals surface area contributed by atoms with Crippen molar-refractivity contribution in [1.82, 2.24) is 14.3 Å². The van der Waals surface area contributed by atoms with E-state index >= 15 is 0 Å². The Morgan fingerprint density at radius 2 is 1.74 bits per heavy atom. The first-order valence-corrected chi connectivity index (χ1v) is 7.74. The number of sulfonamides is 1. The van der Waals surface area contributed by atoms with Crippen molar-refractivity contribution in [2.75, 3.05) is 18.9 Å². The highest BCUT2D eigenvalue weighted by Gasteiger charge is 2.28. The Labute approximate surface area is 115 Å². The monoisotopic (exact) mass is 286 g/mol. The highest BCUT2D eigenvalue weighted by atomic mass is 32.2. The Bertz CT molecular complexity index is 497. The van der Waals surface area contributed by atoms with E-state index in [9.17, 15) is 8.42 Å². The van der Waals surface area contributed by atoms with Crippen LogP contribution >= 0.6 is 0 Å². The second kappa shape index (κ2) is 6.29. The average Bonchev–Trinajstić information content (AvgIpc) is 2.35. The summed E-state index contributed by atoms with van der Waals surface area (Å²) < 4.78 is 26.6. The predicted molar refractivity (Wildman–Crippen MR) is 75.4 cm³/mol. The number of nitrogens with one attached hydrogen (secondary N) is 1. The molecule has 1 rings (SSSR count). The summed E-state index contributed by atoms with van der Waals surface area (Å²) in [5, 5.41) is 2.76. The van der Waals surface area contributed by atoms with Gasteiger partial charge in [0.1, 0.15) is 4.90 Å². The van der Waals surface area contributed by atoms with E-state index in [4.69, 9.17) is 0 Å². The molecule has 0 aliphatic rings. The summed E-state index contributed by atoms with van der Waals surface area (Å²) in [5.41, 5.74) is 0. The molecule has 6 nitrogen and oxygen atoms in total. The van der Waals surface area contributed by atoms with Gasteiger partial charge in [0.05, 0.1) is 12.4 Å². The molecule has 0 bridgehead atoms. The van der Waals surface area contributed by atoms with Crippen molar-refractivity contribution >= 4 is 16.0 Å². The summed E-state index contributed by atoms with van der Waals surface area (Å²) in [6.45, 7) is 8.19. The largest absolute Gasteiger partial charge is 0.357 e. The molecule has 1 N–H and O–H groups in total. The van der Waals surface area contributed by atoms with Gasteiger partial charge in [-0.25, -0.2) is 18.4 Å². The minimum atomic E-state index is -3.54. The third kappa shape index (κ3) is 3.87. The fraction of sp³-hybridized carbons (Fsp3) is 0.667. The van der Waals surface area contributed by atoms with Crippen molar-refractivity contribution in [1.29, 1.82) is 0 Å². The minimum absolute atomic E-state index is 0.101. The predicted octanol–water partition coefficient (Wildman–Crippen LogP) is 1.57. The Morgan fingerprint density at radius 3 is 2.11 bits per heavy atom. The molecule has 0 aliphatic heterocycles. The number of aromatic nitrogens is 2. The van der Waals surface area contributed by atoms with Gasteiger partial charge in [0.2, 0.25) is 16.0 Å². The Kier molecular flexibility index (Phi) is 5.25. The van der Waals surface area contributed by atoms with Crippen molar-refractivity contribution in [2.24, 2.45) is 5.92 Å². The number of anilines is 1. The SMILES string of the molecule is CNc1ncc(S(=O)(=O)N(CC(C)C)C(C)C)cn1. The van der Waals surface area contributed by atoms with Crippen molar-refractivity contribution in [3.63, 3.8) is 0 Å². The second-order valence-corrected chi connectivity index (χ2v) is 6.95. The van der Waals surface area contributed by atoms with Gasteiger partial charge < -0.3 is 5.32 Å². The topological polar surface area (TPSA) is 75.2 Å². The molecule has 1 heterocycles. The number of nitrogens with zero attached hydrogens (tertiary/aromatic N) is 3. The molecule has 0 atom stereocenters.